The van der Waals surface area contributed by atoms with E-state index in [0.29, 0.717) is 0 Å². The largest absolute Gasteiger partial charge is 2.00 e. The van der Waals surface area contributed by atoms with Crippen molar-refractivity contribution in [3.05, 3.63) is 42.8 Å². The third-order valence-corrected chi connectivity index (χ3v) is 1.30. The molecule has 1 aromatic rings. The monoisotopic (exact) mass is 243 g/mol. The van der Waals surface area contributed by atoms with Crippen molar-refractivity contribution >= 4 is 11.9 Å². The van der Waals surface area contributed by atoms with Gasteiger partial charge in [0, 0.05) is 0 Å². The van der Waals surface area contributed by atoms with Gasteiger partial charge in [0.15, 0.2) is 0 Å². The van der Waals surface area contributed by atoms with Crippen LogP contribution in [0.3, 0.4) is 0 Å². The van der Waals surface area contributed by atoms with E-state index < -0.39 is 11.9 Å². The molecule has 0 aliphatic heterocycles. The van der Waals surface area contributed by atoms with Gasteiger partial charge in [-0.2, -0.15) is 0 Å². The molecule has 79 valence electrons. The first-order chi connectivity index (χ1) is 5.63. The zero-order chi connectivity index (χ0) is 9.14. The Morgan fingerprint density at radius 1 is 1.21 bits per heavy atom. The first-order valence-electron chi connectivity index (χ1n) is 3.10. The molecule has 0 bridgehead atoms. The van der Waals surface area contributed by atoms with E-state index in [1.165, 1.54) is 18.2 Å². The molecule has 0 amide bonds. The standard InChI is InChI=1S/C8H5O4.CH3.Cu/c9-7(10)5-3-1-2-4-6(5)8(11)12;;/h1-3H,(H,9,10)(H,11,12);1H3;/q2*-1;+2. The Kier molecular flexibility index (Phi) is 6.70. The molecule has 1 rings (SSSR count). The van der Waals surface area contributed by atoms with Crippen LogP contribution in [0, 0.1) is 13.5 Å². The summed E-state index contributed by atoms with van der Waals surface area (Å²) >= 11 is 0. The van der Waals surface area contributed by atoms with Crippen LogP contribution in [-0.2, 0) is 17.1 Å². The normalized spacial score (nSPS) is 8.00. The predicted octanol–water partition coefficient (Wildman–Crippen LogP) is 1.33. The molecule has 0 heterocycles. The molecule has 4 nitrogen and oxygen atoms in total. The number of carboxylic acids is 2. The van der Waals surface area contributed by atoms with Gasteiger partial charge >= 0.3 is 17.1 Å². The Morgan fingerprint density at radius 2 is 1.79 bits per heavy atom. The van der Waals surface area contributed by atoms with E-state index in [2.05, 4.69) is 6.07 Å². The van der Waals surface area contributed by atoms with E-state index in [4.69, 9.17) is 10.2 Å². The van der Waals surface area contributed by atoms with Crippen molar-refractivity contribution in [1.82, 2.24) is 0 Å². The number of aromatic carboxylic acids is 2. The fourth-order valence-electron chi connectivity index (χ4n) is 0.792. The number of hydrogen-bond acceptors (Lipinski definition) is 2. The molecule has 0 aliphatic rings. The molecular weight excluding hydrogens is 236 g/mol. The summed E-state index contributed by atoms with van der Waals surface area (Å²) in [4.78, 5) is 20.9. The maximum Gasteiger partial charge on any atom is 2.00 e. The maximum absolute atomic E-state index is 10.4. The van der Waals surface area contributed by atoms with Gasteiger partial charge in [-0.15, -0.1) is 24.3 Å². The Hall–Kier alpha value is -1.32. The third kappa shape index (κ3) is 3.20. The molecule has 0 fully saturated rings. The summed E-state index contributed by atoms with van der Waals surface area (Å²) in [6, 6.07) is 6.35. The van der Waals surface area contributed by atoms with Crippen LogP contribution in [0.25, 0.3) is 0 Å². The van der Waals surface area contributed by atoms with E-state index in [0.717, 1.165) is 0 Å². The van der Waals surface area contributed by atoms with E-state index in [-0.39, 0.29) is 35.6 Å². The minimum absolute atomic E-state index is 0. The molecule has 2 N–H and O–H groups in total. The molecule has 0 atom stereocenters. The van der Waals surface area contributed by atoms with Gasteiger partial charge in [-0.3, -0.25) is 4.79 Å². The Balaban J connectivity index is 0. The van der Waals surface area contributed by atoms with Crippen molar-refractivity contribution in [3.8, 4) is 0 Å². The van der Waals surface area contributed by atoms with Crippen molar-refractivity contribution in [3.63, 3.8) is 0 Å². The molecule has 0 saturated heterocycles. The van der Waals surface area contributed by atoms with E-state index in [9.17, 15) is 9.59 Å². The van der Waals surface area contributed by atoms with Gasteiger partial charge in [0.1, 0.15) is 0 Å². The van der Waals surface area contributed by atoms with Crippen molar-refractivity contribution in [2.45, 2.75) is 0 Å². The van der Waals surface area contributed by atoms with Crippen LogP contribution < -0.4 is 0 Å². The van der Waals surface area contributed by atoms with Crippen LogP contribution in [0.15, 0.2) is 18.2 Å². The van der Waals surface area contributed by atoms with Crippen molar-refractivity contribution in [2.24, 2.45) is 0 Å². The maximum atomic E-state index is 10.4. The van der Waals surface area contributed by atoms with Gasteiger partial charge in [-0.05, 0) is 5.56 Å². The second-order valence-corrected chi connectivity index (χ2v) is 2.07. The molecule has 14 heavy (non-hydrogen) atoms. The number of carboxylic acid groups (broad SMARTS) is 2. The van der Waals surface area contributed by atoms with Gasteiger partial charge in [0.05, 0.1) is 0 Å². The van der Waals surface area contributed by atoms with Gasteiger partial charge < -0.3 is 22.4 Å². The number of rotatable bonds is 2. The van der Waals surface area contributed by atoms with Gasteiger partial charge in [0.2, 0.25) is 5.97 Å². The van der Waals surface area contributed by atoms with Crippen LogP contribution in [0.4, 0.5) is 0 Å². The van der Waals surface area contributed by atoms with Gasteiger partial charge in [-0.25, -0.2) is 0 Å². The smallest absolute Gasteiger partial charge is 0.521 e. The summed E-state index contributed by atoms with van der Waals surface area (Å²) in [5, 5.41) is 17.1. The summed E-state index contributed by atoms with van der Waals surface area (Å²) in [7, 11) is 0. The summed E-state index contributed by atoms with van der Waals surface area (Å²) in [5.74, 6) is -2.54. The van der Waals surface area contributed by atoms with Crippen LogP contribution in [0.1, 0.15) is 20.7 Å². The van der Waals surface area contributed by atoms with Crippen LogP contribution in [-0.4, -0.2) is 22.2 Å². The zero-order valence-corrected chi connectivity index (χ0v) is 8.19. The third-order valence-electron chi connectivity index (χ3n) is 1.30. The zero-order valence-electron chi connectivity index (χ0n) is 7.24. The Bertz CT molecular complexity index is 302. The Morgan fingerprint density at radius 3 is 2.14 bits per heavy atom. The molecule has 1 radical (unpaired) electrons. The SMILES string of the molecule is O=C(O)c1[c-]cccc1C(=O)O.[CH3-].[Cu+2]. The molecule has 0 aromatic heterocycles. The second kappa shape index (κ2) is 6.18. The average molecular weight is 244 g/mol. The first-order valence-corrected chi connectivity index (χ1v) is 3.10. The fraction of sp³-hybridized carbons (Fsp3) is 0. The van der Waals surface area contributed by atoms with E-state index in [1.807, 2.05) is 0 Å². The van der Waals surface area contributed by atoms with Crippen molar-refractivity contribution in [1.29, 1.82) is 0 Å². The van der Waals surface area contributed by atoms with Crippen molar-refractivity contribution in [2.75, 3.05) is 0 Å². The van der Waals surface area contributed by atoms with E-state index in [1.54, 1.807) is 0 Å². The Labute approximate surface area is 92.0 Å². The van der Waals surface area contributed by atoms with Gasteiger partial charge in [0.25, 0.3) is 5.97 Å². The number of hydrogen-bond donors (Lipinski definition) is 2. The molecule has 0 aliphatic carbocycles. The summed E-state index contributed by atoms with van der Waals surface area (Å²) in [6.07, 6.45) is 0. The van der Waals surface area contributed by atoms with Crippen LogP contribution >= 0.6 is 0 Å². The molecule has 0 spiro atoms. The second-order valence-electron chi connectivity index (χ2n) is 2.07. The van der Waals surface area contributed by atoms with E-state index >= 15 is 0 Å². The molecule has 1 aromatic carbocycles. The minimum atomic E-state index is -1.28. The predicted molar refractivity (Wildman–Crippen MR) is 45.6 cm³/mol. The van der Waals surface area contributed by atoms with Gasteiger partial charge in [-0.1, -0.05) is 5.56 Å². The number of benzene rings is 1. The molecule has 5 heteroatoms. The average Bonchev–Trinajstić information content (AvgIpc) is 2.04. The summed E-state index contributed by atoms with van der Waals surface area (Å²) in [5.41, 5.74) is -0.560. The minimum Gasteiger partial charge on any atom is -0.521 e. The summed E-state index contributed by atoms with van der Waals surface area (Å²) in [6.45, 7) is 0. The first kappa shape index (κ1) is 15.2. The molecule has 0 unspecified atom stereocenters. The van der Waals surface area contributed by atoms with Crippen LogP contribution in [0.5, 0.6) is 0 Å². The quantitative estimate of drug-likeness (QED) is 0.607. The van der Waals surface area contributed by atoms with Crippen molar-refractivity contribution < 1.29 is 36.9 Å². The topological polar surface area (TPSA) is 74.6 Å². The molecular formula is C9H8CuO4. The fourth-order valence-corrected chi connectivity index (χ4v) is 0.792. The molecule has 0 saturated carbocycles. The summed E-state index contributed by atoms with van der Waals surface area (Å²) < 4.78 is 0. The number of carbonyl (C=O) groups is 2. The van der Waals surface area contributed by atoms with Crippen LogP contribution in [0.2, 0.25) is 0 Å².